The van der Waals surface area contributed by atoms with E-state index in [2.05, 4.69) is 5.32 Å². The van der Waals surface area contributed by atoms with Crippen molar-refractivity contribution in [1.82, 2.24) is 5.32 Å². The Balaban J connectivity index is 2.05. The molecule has 0 aliphatic heterocycles. The molecule has 1 aromatic carbocycles. The maximum atomic E-state index is 11.4. The van der Waals surface area contributed by atoms with Gasteiger partial charge >= 0.3 is 0 Å². The first-order valence-corrected chi connectivity index (χ1v) is 6.19. The van der Waals surface area contributed by atoms with Crippen molar-refractivity contribution in [2.75, 3.05) is 13.2 Å². The van der Waals surface area contributed by atoms with Crippen LogP contribution in [0.4, 0.5) is 0 Å². The van der Waals surface area contributed by atoms with Gasteiger partial charge in [-0.1, -0.05) is 18.2 Å². The van der Waals surface area contributed by atoms with Crippen LogP contribution in [0.15, 0.2) is 30.3 Å². The average molecular weight is 270 g/mol. The monoisotopic (exact) mass is 269 g/mol. The molecule has 18 heavy (non-hydrogen) atoms. The van der Waals surface area contributed by atoms with Crippen LogP contribution in [0.1, 0.15) is 19.3 Å². The molecule has 0 aromatic heterocycles. The molecule has 0 saturated carbocycles. The van der Waals surface area contributed by atoms with Crippen LogP contribution in [0, 0.1) is 0 Å². The number of hydrogen-bond acceptors (Lipinski definition) is 3. The van der Waals surface area contributed by atoms with Crippen molar-refractivity contribution in [3.05, 3.63) is 30.3 Å². The second-order valence-corrected chi connectivity index (χ2v) is 4.14. The lowest BCUT2D eigenvalue weighted by molar-refractivity contribution is -0.121. The highest BCUT2D eigenvalue weighted by Crippen LogP contribution is 2.08. The van der Waals surface area contributed by atoms with E-state index in [-0.39, 0.29) is 17.6 Å². The molecule has 1 aromatic rings. The molecular weight excluding hydrogens is 254 g/mol. The van der Waals surface area contributed by atoms with Crippen LogP contribution in [-0.2, 0) is 9.59 Å². The largest absolute Gasteiger partial charge is 0.493 e. The Morgan fingerprint density at radius 2 is 1.89 bits per heavy atom. The van der Waals surface area contributed by atoms with Gasteiger partial charge in [-0.3, -0.25) is 9.59 Å². The zero-order chi connectivity index (χ0) is 13.2. The molecular formula is C13H16ClNO3. The summed E-state index contributed by atoms with van der Waals surface area (Å²) in [5.74, 6) is 0.658. The Morgan fingerprint density at radius 3 is 2.56 bits per heavy atom. The van der Waals surface area contributed by atoms with E-state index < -0.39 is 0 Å². The van der Waals surface area contributed by atoms with Crippen LogP contribution in [0.5, 0.6) is 5.75 Å². The SMILES string of the molecule is O=C(Cl)CCCNC(=O)CCOc1ccccc1. The van der Waals surface area contributed by atoms with Crippen molar-refractivity contribution >= 4 is 22.8 Å². The predicted molar refractivity (Wildman–Crippen MR) is 69.7 cm³/mol. The third kappa shape index (κ3) is 6.91. The van der Waals surface area contributed by atoms with Gasteiger partial charge in [0.1, 0.15) is 5.75 Å². The first-order chi connectivity index (χ1) is 8.68. The Kier molecular flexibility index (Phi) is 6.87. The van der Waals surface area contributed by atoms with Crippen molar-refractivity contribution in [2.24, 2.45) is 0 Å². The van der Waals surface area contributed by atoms with E-state index in [4.69, 9.17) is 16.3 Å². The summed E-state index contributed by atoms with van der Waals surface area (Å²) in [7, 11) is 0. The predicted octanol–water partition coefficient (Wildman–Crippen LogP) is 2.12. The van der Waals surface area contributed by atoms with Gasteiger partial charge in [-0.25, -0.2) is 0 Å². The molecule has 0 spiro atoms. The summed E-state index contributed by atoms with van der Waals surface area (Å²) in [5.41, 5.74) is 0. The lowest BCUT2D eigenvalue weighted by atomic mass is 10.3. The number of carbonyl (C=O) groups excluding carboxylic acids is 2. The smallest absolute Gasteiger partial charge is 0.223 e. The lowest BCUT2D eigenvalue weighted by Crippen LogP contribution is -2.26. The van der Waals surface area contributed by atoms with E-state index in [0.717, 1.165) is 5.75 Å². The molecule has 5 heteroatoms. The van der Waals surface area contributed by atoms with E-state index in [1.165, 1.54) is 0 Å². The van der Waals surface area contributed by atoms with Crippen molar-refractivity contribution in [2.45, 2.75) is 19.3 Å². The van der Waals surface area contributed by atoms with E-state index in [1.807, 2.05) is 30.3 Å². The fourth-order valence-electron chi connectivity index (χ4n) is 1.32. The number of nitrogens with one attached hydrogen (secondary N) is 1. The third-order valence-corrected chi connectivity index (χ3v) is 2.40. The quantitative estimate of drug-likeness (QED) is 0.581. The number of para-hydroxylation sites is 1. The molecule has 0 radical (unpaired) electrons. The van der Waals surface area contributed by atoms with Crippen LogP contribution in [-0.4, -0.2) is 24.3 Å². The number of hydrogen-bond donors (Lipinski definition) is 1. The summed E-state index contributed by atoms with van der Waals surface area (Å²) >= 11 is 5.17. The molecule has 0 bridgehead atoms. The summed E-state index contributed by atoms with van der Waals surface area (Å²) < 4.78 is 5.39. The number of rotatable bonds is 8. The molecule has 0 atom stereocenters. The fraction of sp³-hybridized carbons (Fsp3) is 0.385. The molecule has 1 rings (SSSR count). The van der Waals surface area contributed by atoms with Gasteiger partial charge in [0.15, 0.2) is 0 Å². The number of benzene rings is 1. The summed E-state index contributed by atoms with van der Waals surface area (Å²) in [4.78, 5) is 21.8. The standard InChI is InChI=1S/C13H16ClNO3/c14-12(16)7-4-9-15-13(17)8-10-18-11-5-2-1-3-6-11/h1-3,5-6H,4,7-10H2,(H,15,17). The average Bonchev–Trinajstić information content (AvgIpc) is 2.36. The van der Waals surface area contributed by atoms with Crippen LogP contribution in [0.3, 0.4) is 0 Å². The summed E-state index contributed by atoms with van der Waals surface area (Å²) in [6, 6.07) is 9.32. The van der Waals surface area contributed by atoms with Gasteiger partial charge in [0.25, 0.3) is 0 Å². The molecule has 98 valence electrons. The normalized spacial score (nSPS) is 9.83. The third-order valence-electron chi connectivity index (χ3n) is 2.21. The van der Waals surface area contributed by atoms with E-state index in [9.17, 15) is 9.59 Å². The van der Waals surface area contributed by atoms with Crippen LogP contribution >= 0.6 is 11.6 Å². The van der Waals surface area contributed by atoms with Crippen LogP contribution < -0.4 is 10.1 Å². The van der Waals surface area contributed by atoms with Crippen LogP contribution in [0.2, 0.25) is 0 Å². The zero-order valence-electron chi connectivity index (χ0n) is 10.0. The van der Waals surface area contributed by atoms with Gasteiger partial charge in [-0.05, 0) is 30.2 Å². The topological polar surface area (TPSA) is 55.4 Å². The van der Waals surface area contributed by atoms with Gasteiger partial charge < -0.3 is 10.1 Å². The first kappa shape index (κ1) is 14.5. The molecule has 0 fully saturated rings. The molecule has 1 amide bonds. The first-order valence-electron chi connectivity index (χ1n) is 5.81. The highest BCUT2D eigenvalue weighted by Gasteiger charge is 2.02. The van der Waals surface area contributed by atoms with Crippen molar-refractivity contribution < 1.29 is 14.3 Å². The van der Waals surface area contributed by atoms with Crippen molar-refractivity contribution in [3.63, 3.8) is 0 Å². The highest BCUT2D eigenvalue weighted by molar-refractivity contribution is 6.63. The van der Waals surface area contributed by atoms with Crippen molar-refractivity contribution in [3.8, 4) is 5.75 Å². The number of ether oxygens (including phenoxy) is 1. The molecule has 0 aliphatic carbocycles. The van der Waals surface area contributed by atoms with Gasteiger partial charge in [0, 0.05) is 13.0 Å². The summed E-state index contributed by atoms with van der Waals surface area (Å²) in [5, 5.41) is 2.32. The van der Waals surface area contributed by atoms with E-state index in [1.54, 1.807) is 0 Å². The summed E-state index contributed by atoms with van der Waals surface area (Å²) in [6.45, 7) is 0.799. The maximum Gasteiger partial charge on any atom is 0.223 e. The lowest BCUT2D eigenvalue weighted by Gasteiger charge is -2.06. The van der Waals surface area contributed by atoms with Crippen molar-refractivity contribution in [1.29, 1.82) is 0 Å². The fourth-order valence-corrected chi connectivity index (χ4v) is 1.46. The maximum absolute atomic E-state index is 11.4. The molecule has 0 saturated heterocycles. The Bertz CT molecular complexity index is 381. The molecule has 1 N–H and O–H groups in total. The zero-order valence-corrected chi connectivity index (χ0v) is 10.8. The molecule has 0 heterocycles. The Labute approximate surface area is 111 Å². The second-order valence-electron chi connectivity index (χ2n) is 3.72. The van der Waals surface area contributed by atoms with Gasteiger partial charge in [0.2, 0.25) is 11.1 Å². The highest BCUT2D eigenvalue weighted by atomic mass is 35.5. The summed E-state index contributed by atoms with van der Waals surface area (Å²) in [6.07, 6.45) is 1.14. The van der Waals surface area contributed by atoms with Crippen LogP contribution in [0.25, 0.3) is 0 Å². The molecule has 0 aliphatic rings. The van der Waals surface area contributed by atoms with Gasteiger partial charge in [0.05, 0.1) is 13.0 Å². The minimum atomic E-state index is -0.378. The second kappa shape index (κ2) is 8.53. The van der Waals surface area contributed by atoms with Gasteiger partial charge in [-0.2, -0.15) is 0 Å². The Hall–Kier alpha value is -1.55. The van der Waals surface area contributed by atoms with E-state index >= 15 is 0 Å². The van der Waals surface area contributed by atoms with E-state index in [0.29, 0.717) is 26.0 Å². The molecule has 4 nitrogen and oxygen atoms in total. The minimum absolute atomic E-state index is 0.0899. The molecule has 0 unspecified atom stereocenters. The van der Waals surface area contributed by atoms with Gasteiger partial charge in [-0.15, -0.1) is 0 Å². The Morgan fingerprint density at radius 1 is 1.17 bits per heavy atom. The number of carbonyl (C=O) groups is 2. The number of halogens is 1. The minimum Gasteiger partial charge on any atom is -0.493 e. The number of amides is 1.